The monoisotopic (exact) mass is 315 g/mol. The topological polar surface area (TPSA) is 69.7 Å². The number of piperidine rings is 1. The molecule has 1 atom stereocenters. The Balaban J connectivity index is 1.84. The first-order valence-corrected chi connectivity index (χ1v) is 8.07. The van der Waals surface area contributed by atoms with E-state index in [1.807, 2.05) is 18.2 Å². The van der Waals surface area contributed by atoms with E-state index in [1.54, 1.807) is 4.90 Å². The van der Waals surface area contributed by atoms with Gasteiger partial charge in [-0.3, -0.25) is 19.7 Å². The van der Waals surface area contributed by atoms with Gasteiger partial charge in [-0.1, -0.05) is 0 Å². The van der Waals surface area contributed by atoms with Crippen molar-refractivity contribution < 1.29 is 14.4 Å². The number of amides is 3. The van der Waals surface area contributed by atoms with Gasteiger partial charge in [-0.15, -0.1) is 0 Å². The zero-order valence-electron chi connectivity index (χ0n) is 13.5. The van der Waals surface area contributed by atoms with Crippen LogP contribution in [-0.4, -0.2) is 41.8 Å². The zero-order valence-corrected chi connectivity index (χ0v) is 13.5. The molecule has 0 saturated carbocycles. The second-order valence-corrected chi connectivity index (χ2v) is 5.91. The molecule has 0 spiro atoms. The lowest BCUT2D eigenvalue weighted by atomic mass is 10.0. The third-order valence-corrected chi connectivity index (χ3v) is 4.64. The maximum atomic E-state index is 12.6. The van der Waals surface area contributed by atoms with E-state index in [0.717, 1.165) is 24.3 Å². The summed E-state index contributed by atoms with van der Waals surface area (Å²) in [5.41, 5.74) is 2.70. The van der Waals surface area contributed by atoms with Crippen molar-refractivity contribution in [1.82, 2.24) is 10.2 Å². The molecule has 2 heterocycles. The van der Waals surface area contributed by atoms with Crippen molar-refractivity contribution in [3.8, 4) is 0 Å². The van der Waals surface area contributed by atoms with Crippen LogP contribution in [0.2, 0.25) is 0 Å². The average Bonchev–Trinajstić information content (AvgIpc) is 2.85. The Labute approximate surface area is 135 Å². The molecule has 2 aliphatic heterocycles. The van der Waals surface area contributed by atoms with Crippen LogP contribution in [0.1, 0.15) is 42.6 Å². The largest absolute Gasteiger partial charge is 0.372 e. The minimum atomic E-state index is -0.551. The molecule has 1 aromatic carbocycles. The highest BCUT2D eigenvalue weighted by Crippen LogP contribution is 2.30. The number of anilines is 1. The number of carbonyl (C=O) groups excluding carboxylic acids is 3. The molecule has 0 aromatic heterocycles. The highest BCUT2D eigenvalue weighted by molar-refractivity contribution is 6.05. The van der Waals surface area contributed by atoms with Crippen LogP contribution in [-0.2, 0) is 16.1 Å². The van der Waals surface area contributed by atoms with E-state index in [4.69, 9.17) is 0 Å². The molecule has 3 rings (SSSR count). The predicted octanol–water partition coefficient (Wildman–Crippen LogP) is 1.29. The van der Waals surface area contributed by atoms with E-state index in [2.05, 4.69) is 24.1 Å². The van der Waals surface area contributed by atoms with Gasteiger partial charge < -0.3 is 9.80 Å². The number of hydrogen-bond donors (Lipinski definition) is 1. The molecule has 0 aliphatic carbocycles. The number of nitrogens with one attached hydrogen (secondary N) is 1. The van der Waals surface area contributed by atoms with Crippen molar-refractivity contribution in [2.24, 2.45) is 0 Å². The minimum absolute atomic E-state index is 0.124. The minimum Gasteiger partial charge on any atom is -0.372 e. The fourth-order valence-electron chi connectivity index (χ4n) is 3.35. The Morgan fingerprint density at radius 3 is 2.61 bits per heavy atom. The van der Waals surface area contributed by atoms with Crippen molar-refractivity contribution in [3.63, 3.8) is 0 Å². The summed E-state index contributed by atoms with van der Waals surface area (Å²) < 4.78 is 0. The van der Waals surface area contributed by atoms with E-state index >= 15 is 0 Å². The van der Waals surface area contributed by atoms with Crippen molar-refractivity contribution in [3.05, 3.63) is 29.3 Å². The number of fused-ring (bicyclic) bond motifs is 1. The lowest BCUT2D eigenvalue weighted by Crippen LogP contribution is -2.52. The zero-order chi connectivity index (χ0) is 16.6. The van der Waals surface area contributed by atoms with Crippen LogP contribution in [0.4, 0.5) is 5.69 Å². The molecule has 6 nitrogen and oxygen atoms in total. The number of benzene rings is 1. The standard InChI is InChI=1S/C17H21N3O3/c1-3-19(4-2)12-5-6-13-11(9-12)10-20(17(13)23)14-7-8-15(21)18-16(14)22/h5-6,9,14H,3-4,7-8,10H2,1-2H3,(H,18,21,22)/t14-/m0/s1. The summed E-state index contributed by atoms with van der Waals surface area (Å²) in [6.45, 7) is 6.42. The highest BCUT2D eigenvalue weighted by Gasteiger charge is 2.39. The van der Waals surface area contributed by atoms with Crippen LogP contribution in [0.25, 0.3) is 0 Å². The molecule has 1 N–H and O–H groups in total. The van der Waals surface area contributed by atoms with Gasteiger partial charge in [0.2, 0.25) is 11.8 Å². The predicted molar refractivity (Wildman–Crippen MR) is 86.0 cm³/mol. The Morgan fingerprint density at radius 1 is 1.22 bits per heavy atom. The van der Waals surface area contributed by atoms with Crippen LogP contribution < -0.4 is 10.2 Å². The Morgan fingerprint density at radius 2 is 1.96 bits per heavy atom. The first-order valence-electron chi connectivity index (χ1n) is 8.07. The van der Waals surface area contributed by atoms with Gasteiger partial charge in [0, 0.05) is 37.3 Å². The summed E-state index contributed by atoms with van der Waals surface area (Å²) >= 11 is 0. The van der Waals surface area contributed by atoms with Gasteiger partial charge in [-0.05, 0) is 44.0 Å². The molecule has 0 radical (unpaired) electrons. The van der Waals surface area contributed by atoms with E-state index in [-0.39, 0.29) is 24.1 Å². The first-order chi connectivity index (χ1) is 11.0. The summed E-state index contributed by atoms with van der Waals surface area (Å²) in [6, 6.07) is 5.28. The normalized spacial score (nSPS) is 20.5. The average molecular weight is 315 g/mol. The fourth-order valence-corrected chi connectivity index (χ4v) is 3.35. The molecule has 6 heteroatoms. The molecule has 1 fully saturated rings. The molecule has 0 unspecified atom stereocenters. The van der Waals surface area contributed by atoms with Gasteiger partial charge in [0.15, 0.2) is 0 Å². The second kappa shape index (κ2) is 6.02. The molecular weight excluding hydrogens is 294 g/mol. The number of imide groups is 1. The van der Waals surface area contributed by atoms with Gasteiger partial charge in [-0.25, -0.2) is 0 Å². The molecule has 122 valence electrons. The summed E-state index contributed by atoms with van der Waals surface area (Å²) in [5, 5.41) is 2.32. The molecular formula is C17H21N3O3. The van der Waals surface area contributed by atoms with Gasteiger partial charge >= 0.3 is 0 Å². The van der Waals surface area contributed by atoms with Crippen LogP contribution in [0.15, 0.2) is 18.2 Å². The molecule has 0 bridgehead atoms. The van der Waals surface area contributed by atoms with Crippen LogP contribution in [0, 0.1) is 0 Å². The van der Waals surface area contributed by atoms with Crippen LogP contribution >= 0.6 is 0 Å². The van der Waals surface area contributed by atoms with Crippen molar-refractivity contribution in [2.75, 3.05) is 18.0 Å². The van der Waals surface area contributed by atoms with E-state index < -0.39 is 6.04 Å². The Hall–Kier alpha value is -2.37. The van der Waals surface area contributed by atoms with Gasteiger partial charge in [0.1, 0.15) is 6.04 Å². The molecule has 1 saturated heterocycles. The highest BCUT2D eigenvalue weighted by atomic mass is 16.2. The third kappa shape index (κ3) is 2.69. The second-order valence-electron chi connectivity index (χ2n) is 5.91. The van der Waals surface area contributed by atoms with Gasteiger partial charge in [0.05, 0.1) is 0 Å². The van der Waals surface area contributed by atoms with Crippen LogP contribution in [0.3, 0.4) is 0 Å². The third-order valence-electron chi connectivity index (χ3n) is 4.64. The van der Waals surface area contributed by atoms with Crippen molar-refractivity contribution >= 4 is 23.4 Å². The van der Waals surface area contributed by atoms with E-state index in [9.17, 15) is 14.4 Å². The Bertz CT molecular complexity index is 667. The van der Waals surface area contributed by atoms with Gasteiger partial charge in [-0.2, -0.15) is 0 Å². The Kier molecular flexibility index (Phi) is 4.07. The lowest BCUT2D eigenvalue weighted by Gasteiger charge is -2.29. The molecule has 2 aliphatic rings. The summed E-state index contributed by atoms with van der Waals surface area (Å²) in [5.74, 6) is -0.758. The molecule has 23 heavy (non-hydrogen) atoms. The van der Waals surface area contributed by atoms with Crippen LogP contribution in [0.5, 0.6) is 0 Å². The smallest absolute Gasteiger partial charge is 0.255 e. The summed E-state index contributed by atoms with van der Waals surface area (Å²) in [4.78, 5) is 39.7. The summed E-state index contributed by atoms with van der Waals surface area (Å²) in [6.07, 6.45) is 0.675. The van der Waals surface area contributed by atoms with Crippen molar-refractivity contribution in [2.45, 2.75) is 39.3 Å². The summed E-state index contributed by atoms with van der Waals surface area (Å²) in [7, 11) is 0. The number of hydrogen-bond acceptors (Lipinski definition) is 4. The molecule has 1 aromatic rings. The van der Waals surface area contributed by atoms with Gasteiger partial charge in [0.25, 0.3) is 5.91 Å². The number of nitrogens with zero attached hydrogens (tertiary/aromatic N) is 2. The molecule has 3 amide bonds. The van der Waals surface area contributed by atoms with Crippen molar-refractivity contribution in [1.29, 1.82) is 0 Å². The number of carbonyl (C=O) groups is 3. The first kappa shape index (κ1) is 15.5. The van der Waals surface area contributed by atoms with E-state index in [0.29, 0.717) is 18.5 Å². The fraction of sp³-hybridized carbons (Fsp3) is 0.471. The maximum absolute atomic E-state index is 12.6. The van der Waals surface area contributed by atoms with E-state index in [1.165, 1.54) is 0 Å². The quantitative estimate of drug-likeness (QED) is 0.850. The lowest BCUT2D eigenvalue weighted by molar-refractivity contribution is -0.136. The number of rotatable bonds is 4. The maximum Gasteiger partial charge on any atom is 0.255 e. The SMILES string of the molecule is CCN(CC)c1ccc2c(c1)CN([C@H]1CCC(=O)NC1=O)C2=O.